The van der Waals surface area contributed by atoms with Gasteiger partial charge in [-0.05, 0) is 12.8 Å². The Kier molecular flexibility index (Phi) is 7.39. The SMILES string of the molecule is CN=C(NCCOC1CCCCCC1)N(C)Cc1cnn(C)c1. The summed E-state index contributed by atoms with van der Waals surface area (Å²) in [6.07, 6.45) is 12.2. The number of nitrogens with one attached hydrogen (secondary N) is 1. The van der Waals surface area contributed by atoms with Gasteiger partial charge in [-0.1, -0.05) is 25.7 Å². The lowest BCUT2D eigenvalue weighted by atomic mass is 10.1. The number of rotatable bonds is 6. The summed E-state index contributed by atoms with van der Waals surface area (Å²) in [4.78, 5) is 6.44. The predicted octanol–water partition coefficient (Wildman–Crippen LogP) is 2.17. The van der Waals surface area contributed by atoms with Crippen molar-refractivity contribution in [2.24, 2.45) is 12.0 Å². The molecule has 6 nitrogen and oxygen atoms in total. The number of ether oxygens (including phenoxy) is 1. The number of aryl methyl sites for hydroxylation is 1. The molecular weight excluding hydrogens is 290 g/mol. The van der Waals surface area contributed by atoms with Crippen molar-refractivity contribution in [3.05, 3.63) is 18.0 Å². The fourth-order valence-electron chi connectivity index (χ4n) is 3.08. The normalized spacial score (nSPS) is 17.1. The van der Waals surface area contributed by atoms with E-state index in [1.807, 2.05) is 38.2 Å². The molecule has 1 aliphatic carbocycles. The summed E-state index contributed by atoms with van der Waals surface area (Å²) in [6, 6.07) is 0. The molecule has 1 aliphatic rings. The summed E-state index contributed by atoms with van der Waals surface area (Å²) in [6.45, 7) is 2.32. The number of aliphatic imine (C=N–C) groups is 1. The first kappa shape index (κ1) is 17.8. The monoisotopic (exact) mass is 321 g/mol. The highest BCUT2D eigenvalue weighted by Crippen LogP contribution is 2.19. The first-order valence-electron chi connectivity index (χ1n) is 8.70. The first-order valence-corrected chi connectivity index (χ1v) is 8.70. The van der Waals surface area contributed by atoms with Gasteiger partial charge in [-0.3, -0.25) is 9.67 Å². The second-order valence-corrected chi connectivity index (χ2v) is 6.34. The van der Waals surface area contributed by atoms with Gasteiger partial charge in [-0.25, -0.2) is 0 Å². The largest absolute Gasteiger partial charge is 0.376 e. The maximum Gasteiger partial charge on any atom is 0.193 e. The van der Waals surface area contributed by atoms with Crippen LogP contribution in [0.2, 0.25) is 0 Å². The Hall–Kier alpha value is -1.56. The molecule has 23 heavy (non-hydrogen) atoms. The highest BCUT2D eigenvalue weighted by Gasteiger charge is 2.12. The quantitative estimate of drug-likeness (QED) is 0.378. The van der Waals surface area contributed by atoms with E-state index in [1.165, 1.54) is 44.1 Å². The molecule has 1 heterocycles. The van der Waals surface area contributed by atoms with Crippen molar-refractivity contribution >= 4 is 5.96 Å². The summed E-state index contributed by atoms with van der Waals surface area (Å²) in [5, 5.41) is 7.57. The summed E-state index contributed by atoms with van der Waals surface area (Å²) in [7, 11) is 5.78. The molecule has 0 saturated heterocycles. The minimum absolute atomic E-state index is 0.453. The van der Waals surface area contributed by atoms with Crippen LogP contribution < -0.4 is 5.32 Å². The van der Waals surface area contributed by atoms with Crippen LogP contribution in [0.3, 0.4) is 0 Å². The van der Waals surface area contributed by atoms with Crippen molar-refractivity contribution < 1.29 is 4.74 Å². The van der Waals surface area contributed by atoms with Gasteiger partial charge in [-0.15, -0.1) is 0 Å². The Morgan fingerprint density at radius 2 is 2.13 bits per heavy atom. The lowest BCUT2D eigenvalue weighted by Crippen LogP contribution is -2.40. The highest BCUT2D eigenvalue weighted by molar-refractivity contribution is 5.79. The number of guanidine groups is 1. The predicted molar refractivity (Wildman–Crippen MR) is 93.5 cm³/mol. The van der Waals surface area contributed by atoms with Crippen LogP contribution in [0.1, 0.15) is 44.1 Å². The van der Waals surface area contributed by atoms with Gasteiger partial charge >= 0.3 is 0 Å². The molecule has 1 aromatic heterocycles. The Morgan fingerprint density at radius 3 is 2.74 bits per heavy atom. The summed E-state index contributed by atoms with van der Waals surface area (Å²) in [5.41, 5.74) is 1.17. The Labute approximate surface area is 139 Å². The molecule has 6 heteroatoms. The molecule has 1 N–H and O–H groups in total. The molecule has 0 spiro atoms. The van der Waals surface area contributed by atoms with Gasteiger partial charge in [0.05, 0.1) is 18.9 Å². The lowest BCUT2D eigenvalue weighted by Gasteiger charge is -2.22. The third-order valence-corrected chi connectivity index (χ3v) is 4.29. The highest BCUT2D eigenvalue weighted by atomic mass is 16.5. The van der Waals surface area contributed by atoms with E-state index in [-0.39, 0.29) is 0 Å². The summed E-state index contributed by atoms with van der Waals surface area (Å²) in [5.74, 6) is 0.887. The Bertz CT molecular complexity index is 477. The van der Waals surface area contributed by atoms with E-state index >= 15 is 0 Å². The van der Waals surface area contributed by atoms with Crippen molar-refractivity contribution in [2.75, 3.05) is 27.2 Å². The molecule has 2 rings (SSSR count). The molecule has 0 atom stereocenters. The van der Waals surface area contributed by atoms with Crippen LogP contribution in [0.15, 0.2) is 17.4 Å². The fourth-order valence-corrected chi connectivity index (χ4v) is 3.08. The average molecular weight is 321 g/mol. The maximum atomic E-state index is 6.01. The van der Waals surface area contributed by atoms with Crippen molar-refractivity contribution in [1.29, 1.82) is 0 Å². The van der Waals surface area contributed by atoms with E-state index in [1.54, 1.807) is 0 Å². The second kappa shape index (κ2) is 9.55. The van der Waals surface area contributed by atoms with Crippen LogP contribution in [0.4, 0.5) is 0 Å². The van der Waals surface area contributed by atoms with E-state index in [0.717, 1.165) is 25.7 Å². The van der Waals surface area contributed by atoms with Gasteiger partial charge in [0.25, 0.3) is 0 Å². The van der Waals surface area contributed by atoms with Crippen LogP contribution in [0, 0.1) is 0 Å². The molecule has 130 valence electrons. The zero-order valence-electron chi connectivity index (χ0n) is 14.8. The van der Waals surface area contributed by atoms with Gasteiger partial charge < -0.3 is 15.0 Å². The van der Waals surface area contributed by atoms with Crippen LogP contribution in [-0.2, 0) is 18.3 Å². The molecule has 1 saturated carbocycles. The fraction of sp³-hybridized carbons (Fsp3) is 0.765. The molecule has 0 aliphatic heterocycles. The summed E-state index contributed by atoms with van der Waals surface area (Å²) >= 11 is 0. The molecule has 0 radical (unpaired) electrons. The second-order valence-electron chi connectivity index (χ2n) is 6.34. The van der Waals surface area contributed by atoms with Gasteiger partial charge in [0, 0.05) is 46.0 Å². The van der Waals surface area contributed by atoms with Crippen LogP contribution in [0.25, 0.3) is 0 Å². The van der Waals surface area contributed by atoms with Gasteiger partial charge in [0.1, 0.15) is 0 Å². The average Bonchev–Trinajstić information content (AvgIpc) is 2.78. The van der Waals surface area contributed by atoms with Crippen LogP contribution >= 0.6 is 0 Å². The minimum atomic E-state index is 0.453. The van der Waals surface area contributed by atoms with Gasteiger partial charge in [0.2, 0.25) is 0 Å². The number of hydrogen-bond donors (Lipinski definition) is 1. The molecule has 0 amide bonds. The first-order chi connectivity index (χ1) is 11.2. The third-order valence-electron chi connectivity index (χ3n) is 4.29. The zero-order chi connectivity index (χ0) is 16.5. The van der Waals surface area contributed by atoms with Crippen LogP contribution in [0.5, 0.6) is 0 Å². The Morgan fingerprint density at radius 1 is 1.39 bits per heavy atom. The third kappa shape index (κ3) is 6.22. The molecule has 0 bridgehead atoms. The van der Waals surface area contributed by atoms with Crippen molar-refractivity contribution in [3.8, 4) is 0 Å². The molecular formula is C17H31N5O. The van der Waals surface area contributed by atoms with Gasteiger partial charge in [0.15, 0.2) is 5.96 Å². The van der Waals surface area contributed by atoms with Crippen molar-refractivity contribution in [2.45, 2.75) is 51.2 Å². The lowest BCUT2D eigenvalue weighted by molar-refractivity contribution is 0.0466. The van der Waals surface area contributed by atoms with E-state index < -0.39 is 0 Å². The topological polar surface area (TPSA) is 54.7 Å². The molecule has 0 aromatic carbocycles. The van der Waals surface area contributed by atoms with E-state index in [4.69, 9.17) is 4.74 Å². The zero-order valence-corrected chi connectivity index (χ0v) is 14.8. The number of nitrogens with zero attached hydrogens (tertiary/aromatic N) is 4. The minimum Gasteiger partial charge on any atom is -0.376 e. The number of hydrogen-bond acceptors (Lipinski definition) is 3. The molecule has 1 aromatic rings. The molecule has 1 fully saturated rings. The van der Waals surface area contributed by atoms with Crippen LogP contribution in [-0.4, -0.2) is 54.0 Å². The van der Waals surface area contributed by atoms with E-state index in [2.05, 4.69) is 20.3 Å². The van der Waals surface area contributed by atoms with E-state index in [9.17, 15) is 0 Å². The maximum absolute atomic E-state index is 6.01. The van der Waals surface area contributed by atoms with Crippen molar-refractivity contribution in [1.82, 2.24) is 20.0 Å². The smallest absolute Gasteiger partial charge is 0.193 e. The standard InChI is InChI=1S/C17H31N5O/c1-18-17(21(2)13-15-12-20-22(3)14-15)19-10-11-23-16-8-6-4-5-7-9-16/h12,14,16H,4-11,13H2,1-3H3,(H,18,19). The summed E-state index contributed by atoms with van der Waals surface area (Å²) < 4.78 is 7.83. The van der Waals surface area contributed by atoms with Crippen molar-refractivity contribution in [3.63, 3.8) is 0 Å². The van der Waals surface area contributed by atoms with Gasteiger partial charge in [-0.2, -0.15) is 5.10 Å². The Balaban J connectivity index is 1.67. The van der Waals surface area contributed by atoms with E-state index in [0.29, 0.717) is 6.10 Å². The number of aromatic nitrogens is 2. The molecule has 0 unspecified atom stereocenters.